The molecule has 0 amide bonds. The van der Waals surface area contributed by atoms with Gasteiger partial charge in [-0.3, -0.25) is 0 Å². The van der Waals surface area contributed by atoms with E-state index in [1.54, 1.807) is 18.2 Å². The number of methoxy groups -OCH3 is 2. The minimum atomic E-state index is -0.570. The monoisotopic (exact) mass is 290 g/mol. The topological polar surface area (TPSA) is 90.8 Å². The van der Waals surface area contributed by atoms with E-state index < -0.39 is 5.97 Å². The minimum Gasteiger partial charge on any atom is -0.493 e. The van der Waals surface area contributed by atoms with Crippen LogP contribution in [-0.4, -0.2) is 35.3 Å². The summed E-state index contributed by atoms with van der Waals surface area (Å²) in [6, 6.07) is 5.01. The second-order valence-corrected chi connectivity index (χ2v) is 3.98. The van der Waals surface area contributed by atoms with Gasteiger partial charge in [0.2, 0.25) is 5.88 Å². The molecule has 1 N–H and O–H groups in total. The first kappa shape index (κ1) is 14.7. The highest BCUT2D eigenvalue weighted by Gasteiger charge is 2.10. The number of carbonyl (C=O) groups is 1. The van der Waals surface area contributed by atoms with Crippen LogP contribution in [0.2, 0.25) is 0 Å². The summed E-state index contributed by atoms with van der Waals surface area (Å²) >= 11 is 0. The summed E-state index contributed by atoms with van der Waals surface area (Å²) in [5.41, 5.74) is 0.791. The van der Waals surface area contributed by atoms with Gasteiger partial charge in [0.05, 0.1) is 33.2 Å². The summed E-state index contributed by atoms with van der Waals surface area (Å²) in [5, 5.41) is 9.08. The van der Waals surface area contributed by atoms with Crippen molar-refractivity contribution in [3.8, 4) is 17.4 Å². The summed E-state index contributed by atoms with van der Waals surface area (Å²) in [4.78, 5) is 19.1. The fraction of sp³-hybridized carbons (Fsp3) is 0.214. The van der Waals surface area contributed by atoms with E-state index in [9.17, 15) is 4.79 Å². The molecule has 110 valence electrons. The van der Waals surface area contributed by atoms with Gasteiger partial charge in [0.15, 0.2) is 17.2 Å². The second kappa shape index (κ2) is 6.67. The molecule has 1 heterocycles. The molecule has 7 nitrogen and oxygen atoms in total. The maximum Gasteiger partial charge on any atom is 0.358 e. The number of hydrogen-bond donors (Lipinski definition) is 1. The SMILES string of the molecule is COC(=O)c1cnc(Oc2ccc(CO)cc2OC)cn1. The molecule has 0 unspecified atom stereocenters. The number of nitrogens with zero attached hydrogens (tertiary/aromatic N) is 2. The molecule has 7 heteroatoms. The summed E-state index contributed by atoms with van der Waals surface area (Å²) in [7, 11) is 2.76. The summed E-state index contributed by atoms with van der Waals surface area (Å²) in [6.45, 7) is -0.0930. The molecule has 1 aromatic heterocycles. The number of aliphatic hydroxyl groups excluding tert-OH is 1. The summed E-state index contributed by atoms with van der Waals surface area (Å²) in [6.07, 6.45) is 2.57. The number of aliphatic hydroxyl groups is 1. The van der Waals surface area contributed by atoms with Crippen LogP contribution in [-0.2, 0) is 11.3 Å². The fourth-order valence-corrected chi connectivity index (χ4v) is 1.59. The van der Waals surface area contributed by atoms with Crippen molar-refractivity contribution < 1.29 is 24.1 Å². The Morgan fingerprint density at radius 3 is 2.57 bits per heavy atom. The Bertz CT molecular complexity index is 628. The molecule has 1 aromatic carbocycles. The maximum atomic E-state index is 11.2. The smallest absolute Gasteiger partial charge is 0.358 e. The van der Waals surface area contributed by atoms with Crippen LogP contribution in [0.3, 0.4) is 0 Å². The van der Waals surface area contributed by atoms with Crippen LogP contribution in [0.15, 0.2) is 30.6 Å². The Kier molecular flexibility index (Phi) is 4.68. The Labute approximate surface area is 121 Å². The maximum absolute atomic E-state index is 11.2. The highest BCUT2D eigenvalue weighted by molar-refractivity contribution is 5.86. The van der Waals surface area contributed by atoms with Gasteiger partial charge in [-0.25, -0.2) is 14.8 Å². The van der Waals surface area contributed by atoms with Gasteiger partial charge in [0.1, 0.15) is 0 Å². The fourth-order valence-electron chi connectivity index (χ4n) is 1.59. The predicted molar refractivity (Wildman–Crippen MR) is 72.4 cm³/mol. The largest absolute Gasteiger partial charge is 0.493 e. The number of hydrogen-bond acceptors (Lipinski definition) is 7. The number of esters is 1. The Balaban J connectivity index is 2.20. The standard InChI is InChI=1S/C14H14N2O5/c1-19-12-5-9(8-17)3-4-11(12)21-13-7-15-10(6-16-13)14(18)20-2/h3-7,17H,8H2,1-2H3. The quantitative estimate of drug-likeness (QED) is 0.835. The van der Waals surface area contributed by atoms with Gasteiger partial charge in [-0.2, -0.15) is 0 Å². The predicted octanol–water partition coefficient (Wildman–Crippen LogP) is 1.56. The third kappa shape index (κ3) is 3.46. The van der Waals surface area contributed by atoms with Crippen LogP contribution >= 0.6 is 0 Å². The third-order valence-electron chi connectivity index (χ3n) is 2.65. The van der Waals surface area contributed by atoms with Crippen molar-refractivity contribution in [2.24, 2.45) is 0 Å². The molecule has 0 aliphatic rings. The number of ether oxygens (including phenoxy) is 3. The molecule has 2 aromatic rings. The lowest BCUT2D eigenvalue weighted by Gasteiger charge is -2.10. The average molecular weight is 290 g/mol. The van der Waals surface area contributed by atoms with Gasteiger partial charge in [-0.15, -0.1) is 0 Å². The van der Waals surface area contributed by atoms with Crippen molar-refractivity contribution in [3.05, 3.63) is 41.9 Å². The third-order valence-corrected chi connectivity index (χ3v) is 2.65. The van der Waals surface area contributed by atoms with E-state index in [1.165, 1.54) is 26.6 Å². The summed E-state index contributed by atoms with van der Waals surface area (Å²) in [5.74, 6) is 0.520. The van der Waals surface area contributed by atoms with Gasteiger partial charge in [0, 0.05) is 0 Å². The number of aromatic nitrogens is 2. The van der Waals surface area contributed by atoms with Crippen LogP contribution in [0, 0.1) is 0 Å². The van der Waals surface area contributed by atoms with E-state index in [0.717, 1.165) is 0 Å². The lowest BCUT2D eigenvalue weighted by atomic mass is 10.2. The Morgan fingerprint density at radius 2 is 2.00 bits per heavy atom. The van der Waals surface area contributed by atoms with E-state index >= 15 is 0 Å². The second-order valence-electron chi connectivity index (χ2n) is 3.98. The van der Waals surface area contributed by atoms with Gasteiger partial charge in [0.25, 0.3) is 0 Å². The van der Waals surface area contributed by atoms with Crippen molar-refractivity contribution >= 4 is 5.97 Å². The molecular weight excluding hydrogens is 276 g/mol. The molecule has 0 saturated carbocycles. The zero-order chi connectivity index (χ0) is 15.2. The number of carbonyl (C=O) groups excluding carboxylic acids is 1. The van der Waals surface area contributed by atoms with Crippen LogP contribution in [0.25, 0.3) is 0 Å². The molecule has 0 radical (unpaired) electrons. The highest BCUT2D eigenvalue weighted by atomic mass is 16.5. The molecule has 0 bridgehead atoms. The Morgan fingerprint density at radius 1 is 1.19 bits per heavy atom. The van der Waals surface area contributed by atoms with E-state index in [1.807, 2.05) is 0 Å². The van der Waals surface area contributed by atoms with Crippen molar-refractivity contribution in [1.82, 2.24) is 9.97 Å². The van der Waals surface area contributed by atoms with Gasteiger partial charge in [-0.1, -0.05) is 6.07 Å². The zero-order valence-corrected chi connectivity index (χ0v) is 11.6. The molecule has 0 fully saturated rings. The molecule has 0 aliphatic carbocycles. The molecular formula is C14H14N2O5. The van der Waals surface area contributed by atoms with E-state index in [2.05, 4.69) is 14.7 Å². The van der Waals surface area contributed by atoms with Gasteiger partial charge >= 0.3 is 5.97 Å². The summed E-state index contributed by atoms with van der Waals surface area (Å²) < 4.78 is 15.2. The average Bonchev–Trinajstić information content (AvgIpc) is 2.55. The lowest BCUT2D eigenvalue weighted by molar-refractivity contribution is 0.0593. The van der Waals surface area contributed by atoms with Crippen molar-refractivity contribution in [2.45, 2.75) is 6.61 Å². The van der Waals surface area contributed by atoms with E-state index in [4.69, 9.17) is 14.6 Å². The number of rotatable bonds is 5. The van der Waals surface area contributed by atoms with E-state index in [0.29, 0.717) is 17.1 Å². The van der Waals surface area contributed by atoms with Gasteiger partial charge < -0.3 is 19.3 Å². The zero-order valence-electron chi connectivity index (χ0n) is 11.6. The molecule has 0 saturated heterocycles. The van der Waals surface area contributed by atoms with Crippen LogP contribution in [0.5, 0.6) is 17.4 Å². The molecule has 21 heavy (non-hydrogen) atoms. The normalized spacial score (nSPS) is 10.0. The first-order valence-electron chi connectivity index (χ1n) is 6.04. The van der Waals surface area contributed by atoms with Crippen LogP contribution in [0.4, 0.5) is 0 Å². The number of benzene rings is 1. The lowest BCUT2D eigenvalue weighted by Crippen LogP contribution is -2.05. The van der Waals surface area contributed by atoms with Crippen molar-refractivity contribution in [2.75, 3.05) is 14.2 Å². The first-order valence-corrected chi connectivity index (χ1v) is 6.04. The molecule has 2 rings (SSSR count). The van der Waals surface area contributed by atoms with Crippen LogP contribution < -0.4 is 9.47 Å². The molecule has 0 atom stereocenters. The van der Waals surface area contributed by atoms with Crippen LogP contribution in [0.1, 0.15) is 16.1 Å². The molecule has 0 spiro atoms. The highest BCUT2D eigenvalue weighted by Crippen LogP contribution is 2.31. The van der Waals surface area contributed by atoms with E-state index in [-0.39, 0.29) is 18.2 Å². The minimum absolute atomic E-state index is 0.0902. The van der Waals surface area contributed by atoms with Gasteiger partial charge in [-0.05, 0) is 17.7 Å². The van der Waals surface area contributed by atoms with Crippen molar-refractivity contribution in [3.63, 3.8) is 0 Å². The first-order chi connectivity index (χ1) is 10.2. The Hall–Kier alpha value is -2.67. The van der Waals surface area contributed by atoms with Crippen molar-refractivity contribution in [1.29, 1.82) is 0 Å². The molecule has 0 aliphatic heterocycles.